The second-order valence-corrected chi connectivity index (χ2v) is 4.48. The summed E-state index contributed by atoms with van der Waals surface area (Å²) in [6.07, 6.45) is 5.76. The fourth-order valence-electron chi connectivity index (χ4n) is 1.98. The first-order chi connectivity index (χ1) is 9.85. The quantitative estimate of drug-likeness (QED) is 0.826. The molecule has 0 fully saturated rings. The van der Waals surface area contributed by atoms with E-state index in [4.69, 9.17) is 9.15 Å². The average molecular weight is 271 g/mol. The van der Waals surface area contributed by atoms with Crippen LogP contribution in [0.25, 0.3) is 6.08 Å². The summed E-state index contributed by atoms with van der Waals surface area (Å²) in [5.74, 6) is 1.75. The second-order valence-electron chi connectivity index (χ2n) is 4.48. The molecule has 0 spiro atoms. The lowest BCUT2D eigenvalue weighted by Gasteiger charge is -2.09. The van der Waals surface area contributed by atoms with Gasteiger partial charge in [0.25, 0.3) is 0 Å². The zero-order valence-electron chi connectivity index (χ0n) is 12.1. The molecule has 0 aliphatic heterocycles. The first kappa shape index (κ1) is 14.4. The molecular weight excluding hydrogens is 250 g/mol. The van der Waals surface area contributed by atoms with Gasteiger partial charge in [-0.2, -0.15) is 0 Å². The predicted molar refractivity (Wildman–Crippen MR) is 81.6 cm³/mol. The van der Waals surface area contributed by atoms with Crippen LogP contribution in [0, 0.1) is 0 Å². The molecule has 0 saturated heterocycles. The molecule has 0 unspecified atom stereocenters. The van der Waals surface area contributed by atoms with Crippen LogP contribution < -0.4 is 10.1 Å². The van der Waals surface area contributed by atoms with Crippen molar-refractivity contribution in [2.75, 3.05) is 6.54 Å². The van der Waals surface area contributed by atoms with Crippen LogP contribution in [-0.2, 0) is 13.2 Å². The Kier molecular flexibility index (Phi) is 5.44. The van der Waals surface area contributed by atoms with Gasteiger partial charge in [0.1, 0.15) is 18.1 Å². The lowest BCUT2D eigenvalue weighted by molar-refractivity contribution is 0.267. The highest BCUT2D eigenvalue weighted by Gasteiger charge is 2.08. The summed E-state index contributed by atoms with van der Waals surface area (Å²) in [5.41, 5.74) is 2.23. The van der Waals surface area contributed by atoms with Gasteiger partial charge >= 0.3 is 0 Å². The molecular formula is C17H21NO2. The van der Waals surface area contributed by atoms with E-state index < -0.39 is 0 Å². The summed E-state index contributed by atoms with van der Waals surface area (Å²) < 4.78 is 11.4. The Hall–Kier alpha value is -2.00. The maximum Gasteiger partial charge on any atom is 0.146 e. The van der Waals surface area contributed by atoms with Crippen molar-refractivity contribution in [2.24, 2.45) is 0 Å². The fourth-order valence-corrected chi connectivity index (χ4v) is 1.98. The molecule has 0 aliphatic rings. The monoisotopic (exact) mass is 271 g/mol. The molecule has 0 atom stereocenters. The van der Waals surface area contributed by atoms with Gasteiger partial charge in [-0.1, -0.05) is 37.3 Å². The number of hydrogen-bond donors (Lipinski definition) is 1. The molecule has 0 aliphatic carbocycles. The number of ether oxygens (including phenoxy) is 1. The summed E-state index contributed by atoms with van der Waals surface area (Å²) in [6, 6.07) is 9.98. The molecule has 2 aromatic rings. The van der Waals surface area contributed by atoms with E-state index in [9.17, 15) is 0 Å². The molecule has 0 bridgehead atoms. The van der Waals surface area contributed by atoms with Gasteiger partial charge < -0.3 is 14.5 Å². The molecule has 0 saturated carbocycles. The molecule has 1 aromatic heterocycles. The minimum atomic E-state index is 0.447. The third kappa shape index (κ3) is 3.75. The SMILES string of the molecule is CC=Cc1ccccc1OCc1occc1CNCC. The molecule has 2 rings (SSSR count). The molecule has 0 amide bonds. The van der Waals surface area contributed by atoms with Crippen molar-refractivity contribution in [3.63, 3.8) is 0 Å². The fraction of sp³-hybridized carbons (Fsp3) is 0.294. The molecule has 20 heavy (non-hydrogen) atoms. The normalized spacial score (nSPS) is 11.1. The summed E-state index contributed by atoms with van der Waals surface area (Å²) in [6.45, 7) is 6.28. The smallest absolute Gasteiger partial charge is 0.146 e. The van der Waals surface area contributed by atoms with Crippen LogP contribution in [0.1, 0.15) is 30.7 Å². The van der Waals surface area contributed by atoms with Crippen LogP contribution in [0.3, 0.4) is 0 Å². The number of nitrogens with one attached hydrogen (secondary N) is 1. The summed E-state index contributed by atoms with van der Waals surface area (Å²) in [7, 11) is 0. The predicted octanol–water partition coefficient (Wildman–Crippen LogP) is 4.00. The van der Waals surface area contributed by atoms with Crippen molar-refractivity contribution >= 4 is 6.08 Å². The van der Waals surface area contributed by atoms with E-state index in [0.29, 0.717) is 6.61 Å². The topological polar surface area (TPSA) is 34.4 Å². The highest BCUT2D eigenvalue weighted by atomic mass is 16.5. The number of benzene rings is 1. The van der Waals surface area contributed by atoms with Crippen LogP contribution in [0.4, 0.5) is 0 Å². The number of para-hydroxylation sites is 1. The minimum absolute atomic E-state index is 0.447. The van der Waals surface area contributed by atoms with Gasteiger partial charge in [-0.25, -0.2) is 0 Å². The van der Waals surface area contributed by atoms with Crippen LogP contribution in [0.2, 0.25) is 0 Å². The van der Waals surface area contributed by atoms with Crippen molar-refractivity contribution in [1.29, 1.82) is 0 Å². The van der Waals surface area contributed by atoms with E-state index in [1.165, 1.54) is 0 Å². The zero-order valence-corrected chi connectivity index (χ0v) is 12.1. The Morgan fingerprint density at radius 1 is 1.25 bits per heavy atom. The van der Waals surface area contributed by atoms with E-state index >= 15 is 0 Å². The number of furan rings is 1. The van der Waals surface area contributed by atoms with Crippen LogP contribution >= 0.6 is 0 Å². The van der Waals surface area contributed by atoms with Gasteiger partial charge in [0, 0.05) is 17.7 Å². The van der Waals surface area contributed by atoms with Crippen LogP contribution in [-0.4, -0.2) is 6.54 Å². The van der Waals surface area contributed by atoms with Gasteiger partial charge in [-0.15, -0.1) is 0 Å². The highest BCUT2D eigenvalue weighted by Crippen LogP contribution is 2.21. The Bertz CT molecular complexity index is 558. The lowest BCUT2D eigenvalue weighted by atomic mass is 10.2. The number of hydrogen-bond acceptors (Lipinski definition) is 3. The maximum absolute atomic E-state index is 5.88. The summed E-state index contributed by atoms with van der Waals surface area (Å²) >= 11 is 0. The van der Waals surface area contributed by atoms with Crippen LogP contribution in [0.15, 0.2) is 47.1 Å². The molecule has 3 heteroatoms. The average Bonchev–Trinajstić information content (AvgIpc) is 2.92. The summed E-state index contributed by atoms with van der Waals surface area (Å²) in [4.78, 5) is 0. The zero-order chi connectivity index (χ0) is 14.2. The Morgan fingerprint density at radius 3 is 2.90 bits per heavy atom. The van der Waals surface area contributed by atoms with Gasteiger partial charge in [0.15, 0.2) is 0 Å². The lowest BCUT2D eigenvalue weighted by Crippen LogP contribution is -2.12. The first-order valence-corrected chi connectivity index (χ1v) is 6.95. The van der Waals surface area contributed by atoms with Crippen LogP contribution in [0.5, 0.6) is 5.75 Å². The molecule has 0 radical (unpaired) electrons. The number of rotatable bonds is 7. The van der Waals surface area contributed by atoms with E-state index in [-0.39, 0.29) is 0 Å². The van der Waals surface area contributed by atoms with Gasteiger partial charge in [-0.05, 0) is 25.6 Å². The standard InChI is InChI=1S/C17H21NO2/c1-3-7-14-8-5-6-9-16(14)20-13-17-15(10-11-19-17)12-18-4-2/h3,5-11,18H,4,12-13H2,1-2H3. The van der Waals surface area contributed by atoms with Crippen molar-refractivity contribution in [3.8, 4) is 5.75 Å². The second kappa shape index (κ2) is 7.56. The highest BCUT2D eigenvalue weighted by molar-refractivity contribution is 5.56. The largest absolute Gasteiger partial charge is 0.485 e. The van der Waals surface area contributed by atoms with Gasteiger partial charge in [0.05, 0.1) is 6.26 Å². The van der Waals surface area contributed by atoms with Crippen molar-refractivity contribution in [3.05, 3.63) is 59.6 Å². The number of allylic oxidation sites excluding steroid dienone is 1. The van der Waals surface area contributed by atoms with E-state index in [1.54, 1.807) is 6.26 Å². The molecule has 1 aromatic carbocycles. The molecule has 3 nitrogen and oxygen atoms in total. The third-order valence-corrected chi connectivity index (χ3v) is 3.03. The Balaban J connectivity index is 2.04. The van der Waals surface area contributed by atoms with Gasteiger partial charge in [-0.3, -0.25) is 0 Å². The Labute approximate surface area is 120 Å². The summed E-state index contributed by atoms with van der Waals surface area (Å²) in [5, 5.41) is 3.29. The third-order valence-electron chi connectivity index (χ3n) is 3.03. The van der Waals surface area contributed by atoms with E-state index in [1.807, 2.05) is 49.4 Å². The van der Waals surface area contributed by atoms with Crippen molar-refractivity contribution in [2.45, 2.75) is 27.0 Å². The van der Waals surface area contributed by atoms with E-state index in [0.717, 1.165) is 35.7 Å². The maximum atomic E-state index is 5.88. The Morgan fingerprint density at radius 2 is 2.10 bits per heavy atom. The molecule has 1 N–H and O–H groups in total. The molecule has 1 heterocycles. The molecule has 106 valence electrons. The van der Waals surface area contributed by atoms with E-state index in [2.05, 4.69) is 12.2 Å². The van der Waals surface area contributed by atoms with Gasteiger partial charge in [0.2, 0.25) is 0 Å². The first-order valence-electron chi connectivity index (χ1n) is 6.95. The van der Waals surface area contributed by atoms with Crippen molar-refractivity contribution in [1.82, 2.24) is 5.32 Å². The minimum Gasteiger partial charge on any atom is -0.485 e. The van der Waals surface area contributed by atoms with Crippen molar-refractivity contribution < 1.29 is 9.15 Å².